The molecule has 0 aliphatic heterocycles. The molecular formula is C18H23N3O4S. The second kappa shape index (κ2) is 7.20. The lowest BCUT2D eigenvalue weighted by Crippen LogP contribution is -2.46. The van der Waals surface area contributed by atoms with Gasteiger partial charge in [0.1, 0.15) is 10.6 Å². The van der Waals surface area contributed by atoms with Crippen LogP contribution in [0, 0.1) is 13.8 Å². The number of carbonyl (C=O) groups is 1. The second-order valence-electron chi connectivity index (χ2n) is 6.65. The number of nitrogens with one attached hydrogen (secondary N) is 2. The third-order valence-electron chi connectivity index (χ3n) is 4.65. The van der Waals surface area contributed by atoms with E-state index in [0.29, 0.717) is 0 Å². The molecule has 2 atom stereocenters. The van der Waals surface area contributed by atoms with Gasteiger partial charge in [-0.25, -0.2) is 8.42 Å². The Morgan fingerprint density at radius 3 is 2.73 bits per heavy atom. The van der Waals surface area contributed by atoms with Crippen LogP contribution < -0.4 is 10.0 Å². The highest BCUT2D eigenvalue weighted by Crippen LogP contribution is 2.29. The molecule has 0 radical (unpaired) electrons. The van der Waals surface area contributed by atoms with E-state index in [9.17, 15) is 13.2 Å². The molecule has 1 amide bonds. The Morgan fingerprint density at radius 1 is 1.31 bits per heavy atom. The predicted octanol–water partition coefficient (Wildman–Crippen LogP) is 2.15. The molecule has 7 nitrogen and oxygen atoms in total. The summed E-state index contributed by atoms with van der Waals surface area (Å²) in [5, 5.41) is 6.63. The van der Waals surface area contributed by atoms with Gasteiger partial charge in [0.05, 0.1) is 12.1 Å². The Morgan fingerprint density at radius 2 is 2.04 bits per heavy atom. The third kappa shape index (κ3) is 3.66. The van der Waals surface area contributed by atoms with Crippen molar-refractivity contribution in [2.75, 3.05) is 0 Å². The minimum absolute atomic E-state index is 0.0137. The van der Waals surface area contributed by atoms with Gasteiger partial charge in [0.2, 0.25) is 15.9 Å². The van der Waals surface area contributed by atoms with Crippen molar-refractivity contribution in [3.8, 4) is 0 Å². The lowest BCUT2D eigenvalue weighted by atomic mass is 9.87. The zero-order valence-corrected chi connectivity index (χ0v) is 15.9. The molecule has 1 heterocycles. The molecule has 3 rings (SSSR count). The van der Waals surface area contributed by atoms with Gasteiger partial charge in [-0.05, 0) is 51.2 Å². The molecule has 26 heavy (non-hydrogen) atoms. The number of hydrogen-bond acceptors (Lipinski definition) is 5. The van der Waals surface area contributed by atoms with Gasteiger partial charge < -0.3 is 9.84 Å². The van der Waals surface area contributed by atoms with E-state index >= 15 is 0 Å². The van der Waals surface area contributed by atoms with Gasteiger partial charge >= 0.3 is 0 Å². The number of nitrogens with zero attached hydrogens (tertiary/aromatic N) is 1. The number of amides is 1. The summed E-state index contributed by atoms with van der Waals surface area (Å²) in [6.07, 6.45) is 2.82. The molecule has 0 saturated carbocycles. The molecule has 8 heteroatoms. The van der Waals surface area contributed by atoms with E-state index in [1.807, 2.05) is 18.2 Å². The van der Waals surface area contributed by atoms with Crippen molar-refractivity contribution in [1.29, 1.82) is 0 Å². The van der Waals surface area contributed by atoms with Gasteiger partial charge in [0, 0.05) is 0 Å². The van der Waals surface area contributed by atoms with Crippen LogP contribution in [-0.2, 0) is 21.2 Å². The fourth-order valence-electron chi connectivity index (χ4n) is 3.40. The van der Waals surface area contributed by atoms with E-state index in [1.165, 1.54) is 19.4 Å². The number of sulfonamides is 1. The zero-order chi connectivity index (χ0) is 18.9. The van der Waals surface area contributed by atoms with Crippen LogP contribution in [0.3, 0.4) is 0 Å². The second-order valence-corrected chi connectivity index (χ2v) is 8.30. The van der Waals surface area contributed by atoms with Crippen LogP contribution in [0.25, 0.3) is 0 Å². The van der Waals surface area contributed by atoms with Crippen molar-refractivity contribution in [1.82, 2.24) is 15.2 Å². The topological polar surface area (TPSA) is 101 Å². The molecule has 2 unspecified atom stereocenters. The molecule has 2 aromatic rings. The van der Waals surface area contributed by atoms with Gasteiger partial charge in [-0.15, -0.1) is 0 Å². The fraction of sp³-hybridized carbons (Fsp3) is 0.444. The van der Waals surface area contributed by atoms with Crippen LogP contribution in [0.4, 0.5) is 0 Å². The Hall–Kier alpha value is -2.19. The van der Waals surface area contributed by atoms with Crippen molar-refractivity contribution < 1.29 is 17.7 Å². The highest BCUT2D eigenvalue weighted by Gasteiger charge is 2.29. The molecule has 1 aromatic heterocycles. The molecule has 1 aliphatic carbocycles. The molecule has 140 valence electrons. The third-order valence-corrected chi connectivity index (χ3v) is 6.43. The Kier molecular flexibility index (Phi) is 5.15. The SMILES string of the molecule is Cc1noc(C)c1S(=O)(=O)NC(C)C(=O)NC1CCCc2ccccc21. The molecule has 0 saturated heterocycles. The smallest absolute Gasteiger partial charge is 0.246 e. The summed E-state index contributed by atoms with van der Waals surface area (Å²) in [7, 11) is -3.89. The average Bonchev–Trinajstić information content (AvgIpc) is 2.94. The van der Waals surface area contributed by atoms with E-state index < -0.39 is 16.1 Å². The first-order valence-corrected chi connectivity index (χ1v) is 10.1. The highest BCUT2D eigenvalue weighted by molar-refractivity contribution is 7.89. The number of benzene rings is 1. The van der Waals surface area contributed by atoms with Gasteiger partial charge in [-0.3, -0.25) is 4.79 Å². The van der Waals surface area contributed by atoms with E-state index in [-0.39, 0.29) is 28.3 Å². The monoisotopic (exact) mass is 377 g/mol. The lowest BCUT2D eigenvalue weighted by Gasteiger charge is -2.27. The number of aromatic nitrogens is 1. The van der Waals surface area contributed by atoms with E-state index in [1.54, 1.807) is 6.92 Å². The number of hydrogen-bond donors (Lipinski definition) is 2. The van der Waals surface area contributed by atoms with E-state index in [2.05, 4.69) is 21.3 Å². The lowest BCUT2D eigenvalue weighted by molar-refractivity contribution is -0.123. The maximum atomic E-state index is 12.6. The summed E-state index contributed by atoms with van der Waals surface area (Å²) in [5.74, 6) is -0.161. The molecule has 0 bridgehead atoms. The average molecular weight is 377 g/mol. The van der Waals surface area contributed by atoms with Crippen molar-refractivity contribution in [2.24, 2.45) is 0 Å². The van der Waals surface area contributed by atoms with Crippen LogP contribution in [-0.4, -0.2) is 25.5 Å². The van der Waals surface area contributed by atoms with Crippen molar-refractivity contribution in [3.05, 3.63) is 46.8 Å². The molecular weight excluding hydrogens is 354 g/mol. The minimum atomic E-state index is -3.89. The summed E-state index contributed by atoms with van der Waals surface area (Å²) in [6.45, 7) is 4.60. The molecule has 0 fully saturated rings. The van der Waals surface area contributed by atoms with Gasteiger partial charge in [0.15, 0.2) is 5.76 Å². The Labute approximate surface area is 153 Å². The van der Waals surface area contributed by atoms with Crippen LogP contribution in [0.15, 0.2) is 33.7 Å². The molecule has 2 N–H and O–H groups in total. The first-order valence-electron chi connectivity index (χ1n) is 8.63. The van der Waals surface area contributed by atoms with Crippen LogP contribution in [0.2, 0.25) is 0 Å². The van der Waals surface area contributed by atoms with E-state index in [0.717, 1.165) is 24.8 Å². The Balaban J connectivity index is 1.71. The van der Waals surface area contributed by atoms with Crippen LogP contribution in [0.5, 0.6) is 0 Å². The summed E-state index contributed by atoms with van der Waals surface area (Å²) < 4.78 is 32.4. The minimum Gasteiger partial charge on any atom is -0.360 e. The number of fused-ring (bicyclic) bond motifs is 1. The first-order chi connectivity index (χ1) is 12.3. The standard InChI is InChI=1S/C18H23N3O4S/c1-11-17(13(3)25-20-11)26(23,24)21-12(2)18(22)19-16-10-6-8-14-7-4-5-9-15(14)16/h4-5,7,9,12,16,21H,6,8,10H2,1-3H3,(H,19,22). The highest BCUT2D eigenvalue weighted by atomic mass is 32.2. The van der Waals surface area contributed by atoms with Crippen molar-refractivity contribution >= 4 is 15.9 Å². The van der Waals surface area contributed by atoms with Crippen molar-refractivity contribution in [3.63, 3.8) is 0 Å². The molecule has 1 aliphatic rings. The van der Waals surface area contributed by atoms with Crippen LogP contribution >= 0.6 is 0 Å². The van der Waals surface area contributed by atoms with E-state index in [4.69, 9.17) is 4.52 Å². The molecule has 0 spiro atoms. The summed E-state index contributed by atoms with van der Waals surface area (Å²) in [6, 6.07) is 7.01. The zero-order valence-electron chi connectivity index (χ0n) is 15.1. The first kappa shape index (κ1) is 18.6. The van der Waals surface area contributed by atoms with Gasteiger partial charge in [-0.2, -0.15) is 4.72 Å². The number of carbonyl (C=O) groups excluding carboxylic acids is 1. The van der Waals surface area contributed by atoms with Crippen molar-refractivity contribution in [2.45, 2.75) is 57.0 Å². The van der Waals surface area contributed by atoms with Crippen LogP contribution in [0.1, 0.15) is 48.4 Å². The Bertz CT molecular complexity index is 901. The predicted molar refractivity (Wildman–Crippen MR) is 96.0 cm³/mol. The quantitative estimate of drug-likeness (QED) is 0.831. The maximum absolute atomic E-state index is 12.6. The normalized spacial score (nSPS) is 18.2. The van der Waals surface area contributed by atoms with Gasteiger partial charge in [-0.1, -0.05) is 29.4 Å². The summed E-state index contributed by atoms with van der Waals surface area (Å²) in [4.78, 5) is 12.5. The fourth-order valence-corrected chi connectivity index (χ4v) is 4.94. The number of rotatable bonds is 5. The molecule has 1 aromatic carbocycles. The summed E-state index contributed by atoms with van der Waals surface area (Å²) in [5.41, 5.74) is 2.60. The largest absolute Gasteiger partial charge is 0.360 e. The number of aryl methyl sites for hydroxylation is 3. The summed E-state index contributed by atoms with van der Waals surface area (Å²) >= 11 is 0. The van der Waals surface area contributed by atoms with Gasteiger partial charge in [0.25, 0.3) is 0 Å². The maximum Gasteiger partial charge on any atom is 0.246 e.